The van der Waals surface area contributed by atoms with Gasteiger partial charge in [0.15, 0.2) is 0 Å². The zero-order chi connectivity index (χ0) is 13.0. The van der Waals surface area contributed by atoms with Crippen LogP contribution in [-0.2, 0) is 4.79 Å². The first-order chi connectivity index (χ1) is 7.95. The molecule has 0 aliphatic heterocycles. The van der Waals surface area contributed by atoms with Gasteiger partial charge < -0.3 is 5.11 Å². The van der Waals surface area contributed by atoms with Gasteiger partial charge in [-0.3, -0.25) is 14.9 Å². The molecule has 1 rings (SSSR count). The predicted molar refractivity (Wildman–Crippen MR) is 60.8 cm³/mol. The molecule has 1 aromatic rings. The van der Waals surface area contributed by atoms with Crippen LogP contribution in [0.4, 0.5) is 5.69 Å². The molecule has 1 N–H and O–H groups in total. The van der Waals surface area contributed by atoms with Gasteiger partial charge in [-0.05, 0) is 19.1 Å². The predicted octanol–water partition coefficient (Wildman–Crippen LogP) is 2.03. The summed E-state index contributed by atoms with van der Waals surface area (Å²) in [4.78, 5) is 21.1. The van der Waals surface area contributed by atoms with E-state index in [-0.39, 0.29) is 16.1 Å². The van der Waals surface area contributed by atoms with Crippen molar-refractivity contribution in [3.63, 3.8) is 0 Å². The summed E-state index contributed by atoms with van der Waals surface area (Å²) in [5.41, 5.74) is -0.0776. The van der Waals surface area contributed by atoms with Gasteiger partial charge in [0, 0.05) is 6.07 Å². The third-order valence-electron chi connectivity index (χ3n) is 1.94. The highest BCUT2D eigenvalue weighted by atomic mass is 32.2. The highest BCUT2D eigenvalue weighted by molar-refractivity contribution is 8.00. The minimum atomic E-state index is -1.05. The fourth-order valence-electron chi connectivity index (χ4n) is 1.07. The van der Waals surface area contributed by atoms with Crippen LogP contribution < -0.4 is 0 Å². The third-order valence-corrected chi connectivity index (χ3v) is 3.09. The molecule has 0 saturated heterocycles. The zero-order valence-corrected chi connectivity index (χ0v) is 9.60. The van der Waals surface area contributed by atoms with Crippen LogP contribution in [0.15, 0.2) is 23.1 Å². The summed E-state index contributed by atoms with van der Waals surface area (Å²) >= 11 is 0.875. The second-order valence-electron chi connectivity index (χ2n) is 3.15. The van der Waals surface area contributed by atoms with Crippen LogP contribution in [0.3, 0.4) is 0 Å². The Kier molecular flexibility index (Phi) is 4.06. The molecule has 1 atom stereocenters. The molecular weight excluding hydrogens is 244 g/mol. The van der Waals surface area contributed by atoms with Crippen molar-refractivity contribution in [1.82, 2.24) is 0 Å². The Labute approximate surface area is 101 Å². The number of carbonyl (C=O) groups is 1. The van der Waals surface area contributed by atoms with E-state index in [0.717, 1.165) is 17.8 Å². The average molecular weight is 252 g/mol. The summed E-state index contributed by atoms with van der Waals surface area (Å²) in [7, 11) is 0. The van der Waals surface area contributed by atoms with Gasteiger partial charge in [0.05, 0.1) is 21.5 Å². The number of nitriles is 1. The van der Waals surface area contributed by atoms with Crippen molar-refractivity contribution in [3.8, 4) is 6.07 Å². The number of nitrogens with zero attached hydrogens (tertiary/aromatic N) is 2. The Bertz CT molecular complexity index is 510. The van der Waals surface area contributed by atoms with Gasteiger partial charge in [-0.1, -0.05) is 0 Å². The lowest BCUT2D eigenvalue weighted by Crippen LogP contribution is -2.11. The maximum absolute atomic E-state index is 10.8. The molecule has 0 aliphatic rings. The van der Waals surface area contributed by atoms with Crippen molar-refractivity contribution in [2.24, 2.45) is 0 Å². The number of rotatable bonds is 4. The van der Waals surface area contributed by atoms with E-state index >= 15 is 0 Å². The molecule has 0 bridgehead atoms. The van der Waals surface area contributed by atoms with Crippen LogP contribution in [0.2, 0.25) is 0 Å². The SMILES string of the molecule is CC(Sc1ccc(C#N)cc1[N+](=O)[O-])C(=O)O. The number of benzene rings is 1. The Morgan fingerprint density at radius 2 is 2.29 bits per heavy atom. The Balaban J connectivity index is 3.12. The highest BCUT2D eigenvalue weighted by Gasteiger charge is 2.20. The smallest absolute Gasteiger partial charge is 0.316 e. The minimum absolute atomic E-state index is 0.170. The maximum atomic E-state index is 10.8. The summed E-state index contributed by atoms with van der Waals surface area (Å²) < 4.78 is 0. The second-order valence-corrected chi connectivity index (χ2v) is 4.53. The number of hydrogen-bond donors (Lipinski definition) is 1. The van der Waals surface area contributed by atoms with Gasteiger partial charge in [0.1, 0.15) is 5.25 Å². The Morgan fingerprint density at radius 1 is 1.65 bits per heavy atom. The van der Waals surface area contributed by atoms with E-state index in [9.17, 15) is 14.9 Å². The molecule has 1 aromatic carbocycles. The molecule has 17 heavy (non-hydrogen) atoms. The highest BCUT2D eigenvalue weighted by Crippen LogP contribution is 2.32. The maximum Gasteiger partial charge on any atom is 0.316 e. The fourth-order valence-corrected chi connectivity index (χ4v) is 1.95. The van der Waals surface area contributed by atoms with Crippen LogP contribution in [-0.4, -0.2) is 21.2 Å². The van der Waals surface area contributed by atoms with Crippen LogP contribution in [0.5, 0.6) is 0 Å². The van der Waals surface area contributed by atoms with Gasteiger partial charge in [0.25, 0.3) is 5.69 Å². The number of hydrogen-bond acceptors (Lipinski definition) is 5. The normalized spacial score (nSPS) is 11.5. The van der Waals surface area contributed by atoms with Gasteiger partial charge in [-0.2, -0.15) is 5.26 Å². The summed E-state index contributed by atoms with van der Waals surface area (Å²) in [6.07, 6.45) is 0. The molecule has 7 heteroatoms. The average Bonchev–Trinajstić information content (AvgIpc) is 2.29. The van der Waals surface area contributed by atoms with E-state index in [1.807, 2.05) is 0 Å². The molecular formula is C10H8N2O4S. The molecule has 0 amide bonds. The van der Waals surface area contributed by atoms with Crippen LogP contribution in [0.25, 0.3) is 0 Å². The van der Waals surface area contributed by atoms with Crippen LogP contribution in [0.1, 0.15) is 12.5 Å². The number of carboxylic acids is 1. The first kappa shape index (κ1) is 13.0. The van der Waals surface area contributed by atoms with Gasteiger partial charge >= 0.3 is 5.97 Å². The Morgan fingerprint density at radius 3 is 2.76 bits per heavy atom. The van der Waals surface area contributed by atoms with E-state index in [0.29, 0.717) is 0 Å². The molecule has 0 aliphatic carbocycles. The summed E-state index contributed by atoms with van der Waals surface area (Å²) in [5.74, 6) is -1.05. The summed E-state index contributed by atoms with van der Waals surface area (Å²) in [5, 5.41) is 27.3. The van der Waals surface area contributed by atoms with Crippen molar-refractivity contribution >= 4 is 23.4 Å². The van der Waals surface area contributed by atoms with E-state index in [1.165, 1.54) is 19.1 Å². The standard InChI is InChI=1S/C10H8N2O4S/c1-6(10(13)14)17-9-3-2-7(5-11)4-8(9)12(15)16/h2-4,6H,1H3,(H,13,14). The van der Waals surface area contributed by atoms with Crippen LogP contribution in [0, 0.1) is 21.4 Å². The van der Waals surface area contributed by atoms with Crippen molar-refractivity contribution < 1.29 is 14.8 Å². The van der Waals surface area contributed by atoms with E-state index in [4.69, 9.17) is 10.4 Å². The third kappa shape index (κ3) is 3.19. The molecule has 0 spiro atoms. The molecule has 88 valence electrons. The molecule has 0 radical (unpaired) electrons. The number of thioether (sulfide) groups is 1. The zero-order valence-electron chi connectivity index (χ0n) is 8.78. The van der Waals surface area contributed by atoms with Crippen molar-refractivity contribution in [1.29, 1.82) is 5.26 Å². The molecule has 6 nitrogen and oxygen atoms in total. The molecule has 0 aromatic heterocycles. The number of nitro groups is 1. The largest absolute Gasteiger partial charge is 0.480 e. The lowest BCUT2D eigenvalue weighted by Gasteiger charge is -2.06. The summed E-state index contributed by atoms with van der Waals surface area (Å²) in [6, 6.07) is 5.74. The van der Waals surface area contributed by atoms with Gasteiger partial charge in [-0.15, -0.1) is 11.8 Å². The topological polar surface area (TPSA) is 104 Å². The lowest BCUT2D eigenvalue weighted by atomic mass is 10.2. The van der Waals surface area contributed by atoms with E-state index in [1.54, 1.807) is 6.07 Å². The summed E-state index contributed by atoms with van der Waals surface area (Å²) in [6.45, 7) is 1.44. The Hall–Kier alpha value is -2.07. The number of aliphatic carboxylic acids is 1. The monoisotopic (exact) mass is 252 g/mol. The van der Waals surface area contributed by atoms with Crippen LogP contribution >= 0.6 is 11.8 Å². The first-order valence-corrected chi connectivity index (χ1v) is 5.41. The first-order valence-electron chi connectivity index (χ1n) is 4.53. The minimum Gasteiger partial charge on any atom is -0.480 e. The number of nitro benzene ring substituents is 1. The number of carboxylic acid groups (broad SMARTS) is 1. The van der Waals surface area contributed by atoms with Crippen molar-refractivity contribution in [2.45, 2.75) is 17.1 Å². The van der Waals surface area contributed by atoms with Gasteiger partial charge in [0.2, 0.25) is 0 Å². The van der Waals surface area contributed by atoms with Crippen molar-refractivity contribution in [2.75, 3.05) is 0 Å². The molecule has 0 heterocycles. The second kappa shape index (κ2) is 5.32. The quantitative estimate of drug-likeness (QED) is 0.499. The molecule has 0 saturated carbocycles. The molecule has 0 fully saturated rings. The van der Waals surface area contributed by atoms with E-state index < -0.39 is 16.1 Å². The van der Waals surface area contributed by atoms with E-state index in [2.05, 4.69) is 0 Å². The molecule has 1 unspecified atom stereocenters. The van der Waals surface area contributed by atoms with Crippen molar-refractivity contribution in [3.05, 3.63) is 33.9 Å². The fraction of sp³-hybridized carbons (Fsp3) is 0.200. The van der Waals surface area contributed by atoms with Gasteiger partial charge in [-0.25, -0.2) is 0 Å². The lowest BCUT2D eigenvalue weighted by molar-refractivity contribution is -0.387.